The number of hydrogen-bond acceptors (Lipinski definition) is 2. The Morgan fingerprint density at radius 3 is 2.29 bits per heavy atom. The minimum Gasteiger partial charge on any atom is -0.496 e. The van der Waals surface area contributed by atoms with Crippen LogP contribution in [0.1, 0.15) is 37.0 Å². The number of halogens is 4. The number of hydrogen-bond donors (Lipinski definition) is 1. The van der Waals surface area contributed by atoms with Crippen molar-refractivity contribution in [1.29, 1.82) is 0 Å². The maximum absolute atomic E-state index is 14.3. The zero-order valence-electron chi connectivity index (χ0n) is 18.0. The molecule has 6 heteroatoms. The summed E-state index contributed by atoms with van der Waals surface area (Å²) in [6, 6.07) is 14.5. The Bertz CT molecular complexity index is 1090. The molecule has 0 amide bonds. The monoisotopic (exact) mass is 434 g/mol. The van der Waals surface area contributed by atoms with E-state index in [-0.39, 0.29) is 11.3 Å². The fourth-order valence-electron chi connectivity index (χ4n) is 4.27. The fourth-order valence-corrected chi connectivity index (χ4v) is 4.27. The smallest absolute Gasteiger partial charge is 0.417 e. The fraction of sp³-hybridized carbons (Fsp3) is 0.360. The molecule has 3 rings (SSSR count). The Labute approximate surface area is 179 Å². The van der Waals surface area contributed by atoms with E-state index in [0.29, 0.717) is 16.5 Å². The second-order valence-corrected chi connectivity index (χ2v) is 8.69. The van der Waals surface area contributed by atoms with Crippen LogP contribution in [0.5, 0.6) is 5.75 Å². The van der Waals surface area contributed by atoms with Crippen LogP contribution in [0.4, 0.5) is 17.6 Å². The van der Waals surface area contributed by atoms with Crippen molar-refractivity contribution in [1.82, 2.24) is 0 Å². The summed E-state index contributed by atoms with van der Waals surface area (Å²) in [5.41, 5.74) is -2.87. The summed E-state index contributed by atoms with van der Waals surface area (Å²) in [5.74, 6) is -0.304. The number of aryl methyl sites for hydroxylation is 1. The van der Waals surface area contributed by atoms with Gasteiger partial charge in [0.2, 0.25) is 0 Å². The molecule has 0 aliphatic carbocycles. The minimum atomic E-state index is -4.89. The topological polar surface area (TPSA) is 29.5 Å². The molecule has 0 aromatic heterocycles. The van der Waals surface area contributed by atoms with Gasteiger partial charge in [-0.25, -0.2) is 4.39 Å². The van der Waals surface area contributed by atoms with Crippen LogP contribution in [0.25, 0.3) is 10.8 Å². The quantitative estimate of drug-likeness (QED) is 0.449. The summed E-state index contributed by atoms with van der Waals surface area (Å²) in [6.07, 6.45) is -6.16. The van der Waals surface area contributed by atoms with Crippen LogP contribution in [0, 0.1) is 12.7 Å². The zero-order chi connectivity index (χ0) is 23.0. The van der Waals surface area contributed by atoms with E-state index in [2.05, 4.69) is 0 Å². The highest BCUT2D eigenvalue weighted by Crippen LogP contribution is 2.46. The van der Waals surface area contributed by atoms with Crippen LogP contribution in [0.3, 0.4) is 0 Å². The molecule has 0 fully saturated rings. The summed E-state index contributed by atoms with van der Waals surface area (Å²) in [5, 5.41) is 12.5. The lowest BCUT2D eigenvalue weighted by Gasteiger charge is -2.39. The van der Waals surface area contributed by atoms with Gasteiger partial charge in [0.25, 0.3) is 0 Å². The molecule has 1 N–H and O–H groups in total. The first-order valence-electron chi connectivity index (χ1n) is 9.98. The van der Waals surface area contributed by atoms with Gasteiger partial charge in [-0.15, -0.1) is 0 Å². The summed E-state index contributed by atoms with van der Waals surface area (Å²) in [6.45, 7) is 4.84. The summed E-state index contributed by atoms with van der Waals surface area (Å²) in [4.78, 5) is 0. The van der Waals surface area contributed by atoms with Crippen LogP contribution < -0.4 is 4.74 Å². The molecule has 0 bridgehead atoms. The van der Waals surface area contributed by atoms with Gasteiger partial charge in [0, 0.05) is 12.0 Å². The molecule has 166 valence electrons. The number of methoxy groups -OCH3 is 1. The number of alkyl halides is 3. The second-order valence-electron chi connectivity index (χ2n) is 8.69. The largest absolute Gasteiger partial charge is 0.496 e. The molecule has 1 unspecified atom stereocenters. The molecule has 3 aromatic rings. The summed E-state index contributed by atoms with van der Waals surface area (Å²) < 4.78 is 62.0. The molecular weight excluding hydrogens is 408 g/mol. The van der Waals surface area contributed by atoms with Gasteiger partial charge in [-0.3, -0.25) is 0 Å². The Morgan fingerprint density at radius 2 is 1.65 bits per heavy atom. The van der Waals surface area contributed by atoms with Crippen molar-refractivity contribution in [3.8, 4) is 5.75 Å². The van der Waals surface area contributed by atoms with E-state index in [0.717, 1.165) is 5.39 Å². The zero-order valence-corrected chi connectivity index (χ0v) is 18.0. The van der Waals surface area contributed by atoms with Gasteiger partial charge >= 0.3 is 6.18 Å². The van der Waals surface area contributed by atoms with Crippen LogP contribution in [-0.2, 0) is 11.8 Å². The van der Waals surface area contributed by atoms with Crippen molar-refractivity contribution >= 4 is 10.8 Å². The van der Waals surface area contributed by atoms with E-state index in [1.54, 1.807) is 39.0 Å². The van der Waals surface area contributed by atoms with E-state index < -0.39 is 35.9 Å². The lowest BCUT2D eigenvalue weighted by atomic mass is 9.72. The number of rotatable bonds is 6. The highest BCUT2D eigenvalue weighted by atomic mass is 19.4. The van der Waals surface area contributed by atoms with Gasteiger partial charge in [-0.05, 0) is 58.9 Å². The first-order valence-corrected chi connectivity index (χ1v) is 9.98. The first-order chi connectivity index (χ1) is 14.4. The van der Waals surface area contributed by atoms with Gasteiger partial charge in [-0.2, -0.15) is 13.2 Å². The second kappa shape index (κ2) is 8.15. The Balaban J connectivity index is 2.09. The minimum absolute atomic E-state index is 0.271. The molecule has 3 aromatic carbocycles. The van der Waals surface area contributed by atoms with Crippen molar-refractivity contribution in [2.75, 3.05) is 7.11 Å². The average molecular weight is 434 g/mol. The van der Waals surface area contributed by atoms with Crippen molar-refractivity contribution in [3.63, 3.8) is 0 Å². The van der Waals surface area contributed by atoms with E-state index in [1.165, 1.54) is 25.3 Å². The van der Waals surface area contributed by atoms with Crippen LogP contribution in [-0.4, -0.2) is 24.0 Å². The van der Waals surface area contributed by atoms with Gasteiger partial charge in [0.1, 0.15) is 11.6 Å². The van der Waals surface area contributed by atoms with Crippen LogP contribution in [0.15, 0.2) is 54.6 Å². The maximum Gasteiger partial charge on any atom is 0.417 e. The van der Waals surface area contributed by atoms with E-state index >= 15 is 0 Å². The third kappa shape index (κ3) is 4.54. The van der Waals surface area contributed by atoms with Crippen molar-refractivity contribution in [2.45, 2.75) is 50.8 Å². The lowest BCUT2D eigenvalue weighted by molar-refractivity contribution is -0.266. The van der Waals surface area contributed by atoms with Gasteiger partial charge in [-0.1, -0.05) is 50.2 Å². The van der Waals surface area contributed by atoms with E-state index in [9.17, 15) is 22.7 Å². The molecule has 0 aliphatic rings. The molecule has 31 heavy (non-hydrogen) atoms. The molecular formula is C25H26F4O2. The van der Waals surface area contributed by atoms with Crippen molar-refractivity contribution < 1.29 is 27.4 Å². The predicted octanol–water partition coefficient (Wildman–Crippen LogP) is 6.50. The molecule has 0 radical (unpaired) electrons. The highest BCUT2D eigenvalue weighted by molar-refractivity contribution is 5.86. The van der Waals surface area contributed by atoms with E-state index in [4.69, 9.17) is 4.74 Å². The van der Waals surface area contributed by atoms with Gasteiger partial charge in [0.15, 0.2) is 5.60 Å². The molecule has 2 nitrogen and oxygen atoms in total. The Kier molecular flexibility index (Phi) is 6.07. The standard InChI is InChI=1S/C25H26F4O2/c1-16-9-10-17-7-5-6-8-19(17)20(16)14-24(30,25(27,28)29)15-23(2,3)21-13-18(26)11-12-22(21)31-4/h5-13,30H,14-15H2,1-4H3. The number of ether oxygens (including phenoxy) is 1. The maximum atomic E-state index is 14.3. The third-order valence-electron chi connectivity index (χ3n) is 5.90. The van der Waals surface area contributed by atoms with Gasteiger partial charge in [0.05, 0.1) is 7.11 Å². The average Bonchev–Trinajstić information content (AvgIpc) is 2.69. The van der Waals surface area contributed by atoms with Crippen LogP contribution in [0.2, 0.25) is 0 Å². The molecule has 0 saturated carbocycles. The molecule has 0 heterocycles. The lowest BCUT2D eigenvalue weighted by Crippen LogP contribution is -2.51. The van der Waals surface area contributed by atoms with Crippen LogP contribution >= 0.6 is 0 Å². The number of aliphatic hydroxyl groups is 1. The normalized spacial score (nSPS) is 14.5. The number of fused-ring (bicyclic) bond motifs is 1. The summed E-state index contributed by atoms with van der Waals surface area (Å²) in [7, 11) is 1.38. The van der Waals surface area contributed by atoms with Crippen molar-refractivity contribution in [2.24, 2.45) is 0 Å². The van der Waals surface area contributed by atoms with Crippen molar-refractivity contribution in [3.05, 3.63) is 77.1 Å². The SMILES string of the molecule is COc1ccc(F)cc1C(C)(C)CC(O)(Cc1c(C)ccc2ccccc12)C(F)(F)F. The molecule has 0 aliphatic heterocycles. The van der Waals surface area contributed by atoms with E-state index in [1.807, 2.05) is 18.2 Å². The summed E-state index contributed by atoms with van der Waals surface area (Å²) >= 11 is 0. The molecule has 0 saturated heterocycles. The Hall–Kier alpha value is -2.60. The Morgan fingerprint density at radius 1 is 0.968 bits per heavy atom. The van der Waals surface area contributed by atoms with Gasteiger partial charge < -0.3 is 9.84 Å². The first kappa shape index (κ1) is 23.1. The third-order valence-corrected chi connectivity index (χ3v) is 5.90. The molecule has 0 spiro atoms. The molecule has 1 atom stereocenters. The predicted molar refractivity (Wildman–Crippen MR) is 114 cm³/mol. The highest BCUT2D eigenvalue weighted by Gasteiger charge is 2.56. The number of benzene rings is 3.